The Bertz CT molecular complexity index is 553. The Morgan fingerprint density at radius 1 is 1.57 bits per heavy atom. The number of hydrogen-bond donors (Lipinski definition) is 1. The summed E-state index contributed by atoms with van der Waals surface area (Å²) in [5.41, 5.74) is 1.73. The van der Waals surface area contributed by atoms with Crippen molar-refractivity contribution in [2.75, 3.05) is 0 Å². The van der Waals surface area contributed by atoms with E-state index in [-0.39, 0.29) is 5.69 Å². The first kappa shape index (κ1) is 8.23. The van der Waals surface area contributed by atoms with Crippen LogP contribution in [0.5, 0.6) is 0 Å². The predicted octanol–water partition coefficient (Wildman–Crippen LogP) is 1.82. The third-order valence-electron chi connectivity index (χ3n) is 2.48. The molecule has 72 valence electrons. The molecule has 2 heterocycles. The zero-order valence-corrected chi connectivity index (χ0v) is 8.91. The molecule has 1 aliphatic carbocycles. The number of pyridine rings is 1. The number of nitrogens with zero attached hydrogens (tertiary/aromatic N) is 2. The third kappa shape index (κ3) is 1.12. The lowest BCUT2D eigenvalue weighted by molar-refractivity contribution is 0.732. The van der Waals surface area contributed by atoms with Gasteiger partial charge in [-0.15, -0.1) is 0 Å². The van der Waals surface area contributed by atoms with Crippen molar-refractivity contribution >= 4 is 27.0 Å². The van der Waals surface area contributed by atoms with E-state index in [1.807, 2.05) is 6.07 Å². The standard InChI is InChI=1S/C9H8BrN3O/c10-8-3-6-7(4-11-8)13(5-1-2-5)9(14)12-6/h3-5H,1-2H2,(H,12,14). The number of nitrogens with one attached hydrogen (secondary N) is 1. The largest absolute Gasteiger partial charge is 0.326 e. The van der Waals surface area contributed by atoms with Gasteiger partial charge in [0.15, 0.2) is 0 Å². The molecular weight excluding hydrogens is 246 g/mol. The maximum atomic E-state index is 11.6. The van der Waals surface area contributed by atoms with Crippen LogP contribution in [0.15, 0.2) is 21.7 Å². The van der Waals surface area contributed by atoms with Gasteiger partial charge in [-0.2, -0.15) is 0 Å². The SMILES string of the molecule is O=c1[nH]c2cc(Br)ncc2n1C1CC1. The number of imidazole rings is 1. The van der Waals surface area contributed by atoms with Gasteiger partial charge in [-0.3, -0.25) is 4.57 Å². The average molecular weight is 254 g/mol. The highest BCUT2D eigenvalue weighted by atomic mass is 79.9. The Hall–Kier alpha value is -1.10. The van der Waals surface area contributed by atoms with Gasteiger partial charge in [0.1, 0.15) is 4.60 Å². The summed E-state index contributed by atoms with van der Waals surface area (Å²) in [7, 11) is 0. The Morgan fingerprint density at radius 3 is 3.07 bits per heavy atom. The van der Waals surface area contributed by atoms with Gasteiger partial charge in [0.05, 0.1) is 17.2 Å². The number of aromatic amines is 1. The number of aromatic nitrogens is 3. The molecule has 4 nitrogen and oxygen atoms in total. The summed E-state index contributed by atoms with van der Waals surface area (Å²) in [5, 5.41) is 0. The molecular formula is C9H8BrN3O. The minimum atomic E-state index is -0.0256. The molecule has 3 rings (SSSR count). The zero-order valence-electron chi connectivity index (χ0n) is 7.33. The predicted molar refractivity (Wildman–Crippen MR) is 56.3 cm³/mol. The van der Waals surface area contributed by atoms with E-state index in [1.54, 1.807) is 10.8 Å². The van der Waals surface area contributed by atoms with Crippen LogP contribution in [0.1, 0.15) is 18.9 Å². The van der Waals surface area contributed by atoms with E-state index in [0.717, 1.165) is 28.5 Å². The summed E-state index contributed by atoms with van der Waals surface area (Å²) >= 11 is 3.28. The molecule has 0 amide bonds. The monoisotopic (exact) mass is 253 g/mol. The highest BCUT2D eigenvalue weighted by Crippen LogP contribution is 2.35. The molecule has 5 heteroatoms. The first-order valence-electron chi connectivity index (χ1n) is 4.51. The van der Waals surface area contributed by atoms with Gasteiger partial charge in [-0.1, -0.05) is 0 Å². The molecule has 0 spiro atoms. The van der Waals surface area contributed by atoms with Crippen LogP contribution in [-0.4, -0.2) is 14.5 Å². The number of rotatable bonds is 1. The van der Waals surface area contributed by atoms with E-state index in [9.17, 15) is 4.79 Å². The number of halogens is 1. The summed E-state index contributed by atoms with van der Waals surface area (Å²) in [6, 6.07) is 2.22. The van der Waals surface area contributed by atoms with E-state index in [4.69, 9.17) is 0 Å². The summed E-state index contributed by atoms with van der Waals surface area (Å²) in [5.74, 6) is 0. The maximum Gasteiger partial charge on any atom is 0.326 e. The minimum absolute atomic E-state index is 0.0256. The van der Waals surface area contributed by atoms with Crippen LogP contribution in [0.3, 0.4) is 0 Å². The Balaban J connectivity index is 2.37. The number of hydrogen-bond acceptors (Lipinski definition) is 2. The second-order valence-electron chi connectivity index (χ2n) is 3.56. The lowest BCUT2D eigenvalue weighted by atomic mass is 10.4. The molecule has 0 aromatic carbocycles. The van der Waals surface area contributed by atoms with Crippen LogP contribution in [0, 0.1) is 0 Å². The van der Waals surface area contributed by atoms with Crippen LogP contribution in [-0.2, 0) is 0 Å². The number of fused-ring (bicyclic) bond motifs is 1. The fourth-order valence-electron chi connectivity index (χ4n) is 1.69. The van der Waals surface area contributed by atoms with Gasteiger partial charge >= 0.3 is 5.69 Å². The summed E-state index contributed by atoms with van der Waals surface area (Å²) < 4.78 is 2.54. The van der Waals surface area contributed by atoms with Crippen molar-refractivity contribution in [1.29, 1.82) is 0 Å². The molecule has 0 atom stereocenters. The number of H-pyrrole nitrogens is 1. The van der Waals surface area contributed by atoms with Crippen molar-refractivity contribution in [3.05, 3.63) is 27.4 Å². The minimum Gasteiger partial charge on any atom is -0.305 e. The molecule has 2 aromatic heterocycles. The van der Waals surface area contributed by atoms with E-state index in [2.05, 4.69) is 25.9 Å². The van der Waals surface area contributed by atoms with Crippen molar-refractivity contribution in [3.8, 4) is 0 Å². The summed E-state index contributed by atoms with van der Waals surface area (Å²) in [6.07, 6.45) is 3.93. The molecule has 2 aromatic rings. The summed E-state index contributed by atoms with van der Waals surface area (Å²) in [6.45, 7) is 0. The highest BCUT2D eigenvalue weighted by Gasteiger charge is 2.27. The molecule has 0 radical (unpaired) electrons. The van der Waals surface area contributed by atoms with Gasteiger partial charge in [0, 0.05) is 6.04 Å². The molecule has 1 fully saturated rings. The van der Waals surface area contributed by atoms with E-state index in [0.29, 0.717) is 6.04 Å². The van der Waals surface area contributed by atoms with Gasteiger partial charge < -0.3 is 4.98 Å². The van der Waals surface area contributed by atoms with Crippen LogP contribution in [0.2, 0.25) is 0 Å². The van der Waals surface area contributed by atoms with Crippen molar-refractivity contribution in [3.63, 3.8) is 0 Å². The lowest BCUT2D eigenvalue weighted by Crippen LogP contribution is -2.14. The van der Waals surface area contributed by atoms with Gasteiger partial charge in [0.2, 0.25) is 0 Å². The second kappa shape index (κ2) is 2.70. The van der Waals surface area contributed by atoms with E-state index < -0.39 is 0 Å². The van der Waals surface area contributed by atoms with Crippen molar-refractivity contribution in [2.24, 2.45) is 0 Å². The van der Waals surface area contributed by atoms with Gasteiger partial charge in [0.25, 0.3) is 0 Å². The van der Waals surface area contributed by atoms with E-state index >= 15 is 0 Å². The van der Waals surface area contributed by atoms with Gasteiger partial charge in [-0.25, -0.2) is 9.78 Å². The second-order valence-corrected chi connectivity index (χ2v) is 4.37. The highest BCUT2D eigenvalue weighted by molar-refractivity contribution is 9.10. The topological polar surface area (TPSA) is 50.7 Å². The molecule has 0 saturated heterocycles. The Kier molecular flexibility index (Phi) is 1.58. The zero-order chi connectivity index (χ0) is 9.71. The van der Waals surface area contributed by atoms with Crippen LogP contribution in [0.25, 0.3) is 11.0 Å². The van der Waals surface area contributed by atoms with Gasteiger partial charge in [-0.05, 0) is 34.8 Å². The maximum absolute atomic E-state index is 11.6. The van der Waals surface area contributed by atoms with Crippen molar-refractivity contribution in [1.82, 2.24) is 14.5 Å². The van der Waals surface area contributed by atoms with Crippen molar-refractivity contribution in [2.45, 2.75) is 18.9 Å². The molecule has 14 heavy (non-hydrogen) atoms. The first-order chi connectivity index (χ1) is 6.75. The average Bonchev–Trinajstić information content (AvgIpc) is 2.89. The Labute approximate surface area is 88.1 Å². The summed E-state index contributed by atoms with van der Waals surface area (Å²) in [4.78, 5) is 18.6. The Morgan fingerprint density at radius 2 is 2.36 bits per heavy atom. The van der Waals surface area contributed by atoms with Crippen LogP contribution >= 0.6 is 15.9 Å². The molecule has 0 bridgehead atoms. The molecule has 1 saturated carbocycles. The van der Waals surface area contributed by atoms with Crippen molar-refractivity contribution < 1.29 is 0 Å². The third-order valence-corrected chi connectivity index (χ3v) is 2.92. The van der Waals surface area contributed by atoms with Crippen LogP contribution in [0.4, 0.5) is 0 Å². The first-order valence-corrected chi connectivity index (χ1v) is 5.31. The molecule has 1 N–H and O–H groups in total. The van der Waals surface area contributed by atoms with Crippen LogP contribution < -0.4 is 5.69 Å². The molecule has 0 aliphatic heterocycles. The normalized spacial score (nSPS) is 16.4. The smallest absolute Gasteiger partial charge is 0.305 e. The lowest BCUT2D eigenvalue weighted by Gasteiger charge is -1.98. The van der Waals surface area contributed by atoms with E-state index in [1.165, 1.54) is 0 Å². The molecule has 0 unspecified atom stereocenters. The fourth-order valence-corrected chi connectivity index (χ4v) is 2.03. The fraction of sp³-hybridized carbons (Fsp3) is 0.333. The quantitative estimate of drug-likeness (QED) is 0.789. The molecule has 1 aliphatic rings.